The number of nitrogens with zero attached hydrogens (tertiary/aromatic N) is 4. The van der Waals surface area contributed by atoms with Crippen molar-refractivity contribution in [2.24, 2.45) is 11.1 Å². The molecule has 8 nitrogen and oxygen atoms in total. The number of carboxylic acids is 1. The number of hydrogen-bond donors (Lipinski definition) is 2. The van der Waals surface area contributed by atoms with Gasteiger partial charge in [0.05, 0.1) is 12.2 Å². The lowest BCUT2D eigenvalue weighted by Gasteiger charge is -2.40. The Labute approximate surface area is 122 Å². The van der Waals surface area contributed by atoms with Gasteiger partial charge in [-0.2, -0.15) is 0 Å². The zero-order valence-electron chi connectivity index (χ0n) is 12.5. The van der Waals surface area contributed by atoms with E-state index in [-0.39, 0.29) is 29.1 Å². The Morgan fingerprint density at radius 1 is 1.48 bits per heavy atom. The Hall–Kier alpha value is -1.96. The van der Waals surface area contributed by atoms with Gasteiger partial charge < -0.3 is 15.7 Å². The maximum Gasteiger partial charge on any atom is 0.358 e. The van der Waals surface area contributed by atoms with Crippen molar-refractivity contribution in [1.82, 2.24) is 19.9 Å². The second-order valence-electron chi connectivity index (χ2n) is 6.52. The van der Waals surface area contributed by atoms with Crippen LogP contribution in [0.25, 0.3) is 0 Å². The van der Waals surface area contributed by atoms with Crippen LogP contribution >= 0.6 is 0 Å². The average Bonchev–Trinajstić information content (AvgIpc) is 2.74. The van der Waals surface area contributed by atoms with Gasteiger partial charge in [-0.3, -0.25) is 4.79 Å². The number of hydrogen-bond acceptors (Lipinski definition) is 5. The molecule has 1 saturated heterocycles. The summed E-state index contributed by atoms with van der Waals surface area (Å²) in [5.41, 5.74) is 5.81. The van der Waals surface area contributed by atoms with E-state index in [0.29, 0.717) is 19.5 Å². The van der Waals surface area contributed by atoms with Crippen LogP contribution in [0.5, 0.6) is 0 Å². The van der Waals surface area contributed by atoms with Gasteiger partial charge in [0.25, 0.3) is 0 Å². The van der Waals surface area contributed by atoms with Crippen LogP contribution in [0.4, 0.5) is 0 Å². The lowest BCUT2D eigenvalue weighted by atomic mass is 9.85. The highest BCUT2D eigenvalue weighted by molar-refractivity contribution is 5.84. The second-order valence-corrected chi connectivity index (χ2v) is 6.52. The summed E-state index contributed by atoms with van der Waals surface area (Å²) in [5, 5.41) is 16.1. The Kier molecular flexibility index (Phi) is 3.99. The third kappa shape index (κ3) is 3.38. The number of carboxylic acid groups (broad SMARTS) is 1. The summed E-state index contributed by atoms with van der Waals surface area (Å²) in [4.78, 5) is 24.5. The van der Waals surface area contributed by atoms with Crippen molar-refractivity contribution in [2.75, 3.05) is 13.1 Å². The zero-order valence-corrected chi connectivity index (χ0v) is 12.5. The predicted molar refractivity (Wildman–Crippen MR) is 74.6 cm³/mol. The van der Waals surface area contributed by atoms with E-state index < -0.39 is 5.97 Å². The molecule has 1 amide bonds. The molecule has 0 aliphatic carbocycles. The maximum absolute atomic E-state index is 12.1. The number of carbonyl (C=O) groups is 2. The quantitative estimate of drug-likeness (QED) is 0.815. The van der Waals surface area contributed by atoms with E-state index in [9.17, 15) is 9.59 Å². The van der Waals surface area contributed by atoms with Gasteiger partial charge in [-0.25, -0.2) is 9.48 Å². The van der Waals surface area contributed by atoms with E-state index in [4.69, 9.17) is 10.8 Å². The molecule has 1 atom stereocenters. The highest BCUT2D eigenvalue weighted by atomic mass is 16.4. The topological polar surface area (TPSA) is 114 Å². The fourth-order valence-electron chi connectivity index (χ4n) is 2.00. The van der Waals surface area contributed by atoms with Crippen LogP contribution in [0.3, 0.4) is 0 Å². The monoisotopic (exact) mass is 295 g/mol. The van der Waals surface area contributed by atoms with Crippen LogP contribution in [0.15, 0.2) is 6.20 Å². The normalized spacial score (nSPS) is 17.4. The molecule has 0 radical (unpaired) electrons. The summed E-state index contributed by atoms with van der Waals surface area (Å²) in [6, 6.07) is -0.200. The van der Waals surface area contributed by atoms with Crippen LogP contribution in [0.1, 0.15) is 43.7 Å². The molecule has 0 bridgehead atoms. The molecule has 3 N–H and O–H groups in total. The molecular formula is C13H21N5O3. The molecule has 116 valence electrons. The van der Waals surface area contributed by atoms with E-state index >= 15 is 0 Å². The van der Waals surface area contributed by atoms with Crippen LogP contribution < -0.4 is 5.73 Å². The Bertz CT molecular complexity index is 542. The molecule has 1 aromatic heterocycles. The lowest BCUT2D eigenvalue weighted by molar-refractivity contribution is -0.138. The first-order valence-electron chi connectivity index (χ1n) is 6.87. The molecule has 1 aliphatic rings. The third-order valence-electron chi connectivity index (χ3n) is 3.83. The number of rotatable bonds is 4. The highest BCUT2D eigenvalue weighted by Gasteiger charge is 2.35. The fraction of sp³-hybridized carbons (Fsp3) is 0.692. The number of aromatic carboxylic acids is 1. The summed E-state index contributed by atoms with van der Waals surface area (Å²) < 4.78 is 1.50. The van der Waals surface area contributed by atoms with Crippen molar-refractivity contribution < 1.29 is 14.7 Å². The largest absolute Gasteiger partial charge is 0.476 e. The summed E-state index contributed by atoms with van der Waals surface area (Å²) >= 11 is 0. The first-order valence-corrected chi connectivity index (χ1v) is 6.87. The minimum absolute atomic E-state index is 0.0135. The molecule has 0 aromatic carbocycles. The van der Waals surface area contributed by atoms with Crippen LogP contribution in [0.2, 0.25) is 0 Å². The predicted octanol–water partition coefficient (Wildman–Crippen LogP) is 0.123. The van der Waals surface area contributed by atoms with E-state index in [1.165, 1.54) is 10.9 Å². The van der Waals surface area contributed by atoms with Gasteiger partial charge >= 0.3 is 5.97 Å². The molecule has 1 aliphatic heterocycles. The molecule has 1 aromatic rings. The lowest BCUT2D eigenvalue weighted by Crippen LogP contribution is -2.52. The molecule has 21 heavy (non-hydrogen) atoms. The number of nitrogens with two attached hydrogens (primary N) is 1. The number of aromatic nitrogens is 3. The molecule has 1 fully saturated rings. The van der Waals surface area contributed by atoms with Gasteiger partial charge in [-0.05, 0) is 5.41 Å². The molecule has 1 unspecified atom stereocenters. The van der Waals surface area contributed by atoms with Gasteiger partial charge in [-0.1, -0.05) is 26.0 Å². The van der Waals surface area contributed by atoms with E-state index in [1.807, 2.05) is 20.8 Å². The Balaban J connectivity index is 1.85. The van der Waals surface area contributed by atoms with Gasteiger partial charge in [0.15, 0.2) is 5.69 Å². The third-order valence-corrected chi connectivity index (χ3v) is 3.83. The second kappa shape index (κ2) is 5.44. The van der Waals surface area contributed by atoms with Gasteiger partial charge in [0, 0.05) is 25.6 Å². The van der Waals surface area contributed by atoms with Crippen molar-refractivity contribution in [3.05, 3.63) is 11.9 Å². The molecular weight excluding hydrogens is 274 g/mol. The number of amides is 1. The van der Waals surface area contributed by atoms with Crippen molar-refractivity contribution in [2.45, 2.75) is 39.3 Å². The minimum Gasteiger partial charge on any atom is -0.476 e. The first-order chi connectivity index (χ1) is 9.68. The summed E-state index contributed by atoms with van der Waals surface area (Å²) in [6.07, 6.45) is 1.70. The van der Waals surface area contributed by atoms with Gasteiger partial charge in [0.2, 0.25) is 5.91 Å². The fourth-order valence-corrected chi connectivity index (χ4v) is 2.00. The standard InChI is InChI=1S/C13H21N5O3/c1-13(2,3)10(14)4-11(19)17-5-8(6-17)18-7-9(12(20)21)15-16-18/h7-8,10H,4-6,14H2,1-3H3,(H,20,21). The maximum atomic E-state index is 12.1. The zero-order chi connectivity index (χ0) is 15.8. The summed E-state index contributed by atoms with van der Waals surface area (Å²) in [6.45, 7) is 7.04. The van der Waals surface area contributed by atoms with E-state index in [1.54, 1.807) is 4.90 Å². The highest BCUT2D eigenvalue weighted by Crippen LogP contribution is 2.24. The summed E-state index contributed by atoms with van der Waals surface area (Å²) in [7, 11) is 0. The molecule has 2 heterocycles. The SMILES string of the molecule is CC(C)(C)C(N)CC(=O)N1CC(n2cc(C(=O)O)nn2)C1. The van der Waals surface area contributed by atoms with Crippen LogP contribution in [-0.2, 0) is 4.79 Å². The van der Waals surface area contributed by atoms with Crippen molar-refractivity contribution >= 4 is 11.9 Å². The first kappa shape index (κ1) is 15.4. The Morgan fingerprint density at radius 3 is 2.57 bits per heavy atom. The van der Waals surface area contributed by atoms with Gasteiger partial charge in [-0.15, -0.1) is 5.10 Å². The smallest absolute Gasteiger partial charge is 0.358 e. The molecule has 8 heteroatoms. The van der Waals surface area contributed by atoms with Crippen molar-refractivity contribution in [3.63, 3.8) is 0 Å². The van der Waals surface area contributed by atoms with E-state index in [2.05, 4.69) is 10.3 Å². The van der Waals surface area contributed by atoms with Crippen LogP contribution in [0, 0.1) is 5.41 Å². The van der Waals surface area contributed by atoms with Crippen molar-refractivity contribution in [1.29, 1.82) is 0 Å². The number of carbonyl (C=O) groups excluding carboxylic acids is 1. The van der Waals surface area contributed by atoms with Gasteiger partial charge in [0.1, 0.15) is 0 Å². The molecule has 0 spiro atoms. The number of likely N-dealkylation sites (tertiary alicyclic amines) is 1. The minimum atomic E-state index is -1.11. The molecule has 2 rings (SSSR count). The van der Waals surface area contributed by atoms with Crippen molar-refractivity contribution in [3.8, 4) is 0 Å². The van der Waals surface area contributed by atoms with E-state index in [0.717, 1.165) is 0 Å². The summed E-state index contributed by atoms with van der Waals surface area (Å²) in [5.74, 6) is -1.09. The molecule has 0 saturated carbocycles. The van der Waals surface area contributed by atoms with Crippen LogP contribution in [-0.4, -0.2) is 56.0 Å². The Morgan fingerprint density at radius 2 is 2.10 bits per heavy atom. The average molecular weight is 295 g/mol.